The van der Waals surface area contributed by atoms with E-state index in [2.05, 4.69) is 16.8 Å². The lowest BCUT2D eigenvalue weighted by Gasteiger charge is -2.33. The van der Waals surface area contributed by atoms with Crippen LogP contribution in [0.1, 0.15) is 19.8 Å². The molecule has 0 aromatic heterocycles. The molecule has 0 amide bonds. The SMILES string of the molecule is CC1CCN(c2cc(N=C=O)ccc2S(C)(=O)=O)CC1. The summed E-state index contributed by atoms with van der Waals surface area (Å²) < 4.78 is 23.8. The minimum Gasteiger partial charge on any atom is -0.370 e. The molecule has 6 heteroatoms. The molecule has 1 heterocycles. The van der Waals surface area contributed by atoms with E-state index in [0.29, 0.717) is 17.3 Å². The number of hydrogen-bond donors (Lipinski definition) is 0. The van der Waals surface area contributed by atoms with Gasteiger partial charge in [0.05, 0.1) is 16.3 Å². The molecule has 20 heavy (non-hydrogen) atoms. The number of rotatable bonds is 3. The molecule has 0 saturated carbocycles. The molecule has 108 valence electrons. The maximum Gasteiger partial charge on any atom is 0.240 e. The van der Waals surface area contributed by atoms with E-state index in [1.165, 1.54) is 24.5 Å². The first-order chi connectivity index (χ1) is 9.41. The Labute approximate surface area is 119 Å². The van der Waals surface area contributed by atoms with Crippen LogP contribution in [0.15, 0.2) is 28.1 Å². The van der Waals surface area contributed by atoms with Crippen LogP contribution < -0.4 is 4.90 Å². The van der Waals surface area contributed by atoms with Crippen LogP contribution in [0, 0.1) is 5.92 Å². The molecule has 5 nitrogen and oxygen atoms in total. The molecule has 0 unspecified atom stereocenters. The summed E-state index contributed by atoms with van der Waals surface area (Å²) in [5.74, 6) is 0.657. The Morgan fingerprint density at radius 3 is 2.50 bits per heavy atom. The van der Waals surface area contributed by atoms with Crippen molar-refractivity contribution in [3.63, 3.8) is 0 Å². The van der Waals surface area contributed by atoms with Crippen LogP contribution >= 0.6 is 0 Å². The summed E-state index contributed by atoms with van der Waals surface area (Å²) in [4.78, 5) is 16.3. The summed E-state index contributed by atoms with van der Waals surface area (Å²) in [5, 5.41) is 0. The van der Waals surface area contributed by atoms with Gasteiger partial charge in [0.2, 0.25) is 6.08 Å². The van der Waals surface area contributed by atoms with Crippen molar-refractivity contribution in [3.8, 4) is 0 Å². The topological polar surface area (TPSA) is 66.8 Å². The van der Waals surface area contributed by atoms with Crippen LogP contribution in [0.5, 0.6) is 0 Å². The molecule has 0 aliphatic carbocycles. The summed E-state index contributed by atoms with van der Waals surface area (Å²) in [6.45, 7) is 3.83. The number of carbonyl (C=O) groups excluding carboxylic acids is 1. The average molecular weight is 294 g/mol. The third-order valence-corrected chi connectivity index (χ3v) is 4.79. The van der Waals surface area contributed by atoms with Crippen molar-refractivity contribution in [2.45, 2.75) is 24.7 Å². The van der Waals surface area contributed by atoms with Crippen LogP contribution in [0.2, 0.25) is 0 Å². The van der Waals surface area contributed by atoms with Gasteiger partial charge in [0.15, 0.2) is 9.84 Å². The van der Waals surface area contributed by atoms with Crippen LogP contribution in [0.4, 0.5) is 11.4 Å². The number of piperidine rings is 1. The first-order valence-electron chi connectivity index (χ1n) is 6.58. The van der Waals surface area contributed by atoms with Gasteiger partial charge in [-0.25, -0.2) is 13.2 Å². The Hall–Kier alpha value is -1.65. The molecule has 1 saturated heterocycles. The van der Waals surface area contributed by atoms with E-state index in [9.17, 15) is 13.2 Å². The average Bonchev–Trinajstić information content (AvgIpc) is 2.38. The van der Waals surface area contributed by atoms with Gasteiger partial charge in [-0.05, 0) is 37.0 Å². The number of sulfone groups is 1. The Morgan fingerprint density at radius 2 is 1.95 bits per heavy atom. The van der Waals surface area contributed by atoms with Crippen molar-refractivity contribution in [2.24, 2.45) is 10.9 Å². The van der Waals surface area contributed by atoms with Gasteiger partial charge in [0.1, 0.15) is 0 Å². The fraction of sp³-hybridized carbons (Fsp3) is 0.500. The molecule has 1 aromatic carbocycles. The van der Waals surface area contributed by atoms with Crippen LogP contribution in [0.3, 0.4) is 0 Å². The molecule has 1 aromatic rings. The van der Waals surface area contributed by atoms with Gasteiger partial charge in [-0.3, -0.25) is 0 Å². The summed E-state index contributed by atoms with van der Waals surface area (Å²) in [5.41, 5.74) is 1.07. The lowest BCUT2D eigenvalue weighted by Crippen LogP contribution is -2.33. The molecule has 2 rings (SSSR count). The molecular weight excluding hydrogens is 276 g/mol. The van der Waals surface area contributed by atoms with Gasteiger partial charge in [-0.15, -0.1) is 0 Å². The van der Waals surface area contributed by atoms with E-state index < -0.39 is 9.84 Å². The second-order valence-electron chi connectivity index (χ2n) is 5.30. The maximum absolute atomic E-state index is 11.9. The second kappa shape index (κ2) is 5.77. The zero-order valence-electron chi connectivity index (χ0n) is 11.7. The minimum atomic E-state index is -3.31. The predicted octanol–water partition coefficient (Wildman–Crippen LogP) is 2.29. The number of anilines is 1. The zero-order chi connectivity index (χ0) is 14.8. The lowest BCUT2D eigenvalue weighted by molar-refractivity contribution is 0.437. The summed E-state index contributed by atoms with van der Waals surface area (Å²) in [6, 6.07) is 4.69. The van der Waals surface area contributed by atoms with E-state index in [1.54, 1.807) is 6.07 Å². The highest BCUT2D eigenvalue weighted by Crippen LogP contribution is 2.32. The van der Waals surface area contributed by atoms with Crippen molar-refractivity contribution in [1.29, 1.82) is 0 Å². The second-order valence-corrected chi connectivity index (χ2v) is 7.28. The van der Waals surface area contributed by atoms with Gasteiger partial charge >= 0.3 is 0 Å². The molecule has 1 aliphatic heterocycles. The van der Waals surface area contributed by atoms with Crippen LogP contribution in [-0.4, -0.2) is 33.8 Å². The molecule has 0 radical (unpaired) electrons. The molecular formula is C14H18N2O3S. The lowest BCUT2D eigenvalue weighted by atomic mass is 9.99. The summed E-state index contributed by atoms with van der Waals surface area (Å²) in [7, 11) is -3.31. The highest BCUT2D eigenvalue weighted by molar-refractivity contribution is 7.90. The van der Waals surface area contributed by atoms with Gasteiger partial charge in [0, 0.05) is 19.3 Å². The number of hydrogen-bond acceptors (Lipinski definition) is 5. The van der Waals surface area contributed by atoms with Crippen molar-refractivity contribution >= 4 is 27.3 Å². The van der Waals surface area contributed by atoms with E-state index >= 15 is 0 Å². The third-order valence-electron chi connectivity index (χ3n) is 3.64. The number of nitrogens with zero attached hydrogens (tertiary/aromatic N) is 2. The smallest absolute Gasteiger partial charge is 0.240 e. The van der Waals surface area contributed by atoms with Crippen molar-refractivity contribution in [2.75, 3.05) is 24.2 Å². The van der Waals surface area contributed by atoms with E-state index in [1.807, 2.05) is 0 Å². The Balaban J connectivity index is 2.46. The van der Waals surface area contributed by atoms with Crippen LogP contribution in [-0.2, 0) is 14.6 Å². The van der Waals surface area contributed by atoms with Crippen LogP contribution in [0.25, 0.3) is 0 Å². The van der Waals surface area contributed by atoms with Crippen molar-refractivity contribution in [3.05, 3.63) is 18.2 Å². The van der Waals surface area contributed by atoms with Gasteiger partial charge in [-0.2, -0.15) is 4.99 Å². The van der Waals surface area contributed by atoms with Gasteiger partial charge in [0.25, 0.3) is 0 Å². The molecule has 1 fully saturated rings. The molecule has 0 bridgehead atoms. The number of aliphatic imine (C=N–C) groups is 1. The molecule has 1 aliphatic rings. The summed E-state index contributed by atoms with van der Waals surface area (Å²) in [6.07, 6.45) is 4.75. The number of benzene rings is 1. The Morgan fingerprint density at radius 1 is 1.30 bits per heavy atom. The largest absolute Gasteiger partial charge is 0.370 e. The normalized spacial score (nSPS) is 16.8. The monoisotopic (exact) mass is 294 g/mol. The summed E-state index contributed by atoms with van der Waals surface area (Å²) >= 11 is 0. The predicted molar refractivity (Wildman–Crippen MR) is 77.9 cm³/mol. The third kappa shape index (κ3) is 3.26. The first-order valence-corrected chi connectivity index (χ1v) is 8.48. The van der Waals surface area contributed by atoms with E-state index in [0.717, 1.165) is 25.9 Å². The molecule has 0 N–H and O–H groups in total. The van der Waals surface area contributed by atoms with Gasteiger partial charge < -0.3 is 4.90 Å². The highest BCUT2D eigenvalue weighted by Gasteiger charge is 2.22. The van der Waals surface area contributed by atoms with E-state index in [4.69, 9.17) is 0 Å². The van der Waals surface area contributed by atoms with Crippen molar-refractivity contribution < 1.29 is 13.2 Å². The Bertz CT molecular complexity index is 640. The van der Waals surface area contributed by atoms with Gasteiger partial charge in [-0.1, -0.05) is 6.92 Å². The fourth-order valence-corrected chi connectivity index (χ4v) is 3.32. The van der Waals surface area contributed by atoms with E-state index in [-0.39, 0.29) is 4.90 Å². The number of isocyanates is 1. The highest BCUT2D eigenvalue weighted by atomic mass is 32.2. The standard InChI is InChI=1S/C14H18N2O3S/c1-11-5-7-16(8-6-11)13-9-12(15-10-17)3-4-14(13)20(2,18)19/h3-4,9,11H,5-8H2,1-2H3. The zero-order valence-corrected chi connectivity index (χ0v) is 12.5. The Kier molecular flexibility index (Phi) is 4.26. The quantitative estimate of drug-likeness (QED) is 0.633. The molecule has 0 spiro atoms. The van der Waals surface area contributed by atoms with Crippen molar-refractivity contribution in [1.82, 2.24) is 0 Å². The first kappa shape index (κ1) is 14.8. The fourth-order valence-electron chi connectivity index (χ4n) is 2.44. The maximum atomic E-state index is 11.9. The minimum absolute atomic E-state index is 0.289. The molecule has 0 atom stereocenters.